The van der Waals surface area contributed by atoms with E-state index in [1.54, 1.807) is 48.5 Å². The Balaban J connectivity index is 0.00000289. The minimum Gasteiger partial charge on any atom is -1.00 e. The van der Waals surface area contributed by atoms with Gasteiger partial charge < -0.3 is 37.8 Å². The van der Waals surface area contributed by atoms with Crippen molar-refractivity contribution in [3.05, 3.63) is 71.3 Å². The summed E-state index contributed by atoms with van der Waals surface area (Å²) in [7, 11) is 0. The lowest BCUT2D eigenvalue weighted by atomic mass is 9.95. The van der Waals surface area contributed by atoms with Gasteiger partial charge in [-0.3, -0.25) is 9.59 Å². The summed E-state index contributed by atoms with van der Waals surface area (Å²) >= 11 is 1.40. The molecule has 0 bridgehead atoms. The van der Waals surface area contributed by atoms with Gasteiger partial charge in [0.1, 0.15) is 23.5 Å². The van der Waals surface area contributed by atoms with Crippen molar-refractivity contribution < 1.29 is 41.1 Å². The lowest BCUT2D eigenvalue weighted by Gasteiger charge is -2.44. The summed E-state index contributed by atoms with van der Waals surface area (Å²) in [5.74, 6) is -2.09. The van der Waals surface area contributed by atoms with Crippen LogP contribution in [0.2, 0.25) is 0 Å². The average Bonchev–Trinajstić information content (AvgIpc) is 3.28. The van der Waals surface area contributed by atoms with Gasteiger partial charge in [0.05, 0.1) is 5.56 Å². The van der Waals surface area contributed by atoms with E-state index in [-0.39, 0.29) is 18.3 Å². The Morgan fingerprint density at radius 2 is 1.77 bits per heavy atom. The number of fused-ring (bicyclic) bond motifs is 2. The standard InChI is InChI=1S/C24H23N3O6S.ClH/c1-24(2)17(22(31)33-23-14-11-7-6-10-13(14)21(30)32-23)27-19(29)16(20(27)34-24)26-18(28)15(25)12-8-4-3-5-9-12;/h3-11,15-17,20,23H,25H2,1-2H3,(H,26,28);1H/p-1/t15-,16-,17+,20-,23?;/m1./s1. The van der Waals surface area contributed by atoms with Crippen LogP contribution >= 0.6 is 11.8 Å². The van der Waals surface area contributed by atoms with Crippen molar-refractivity contribution in [2.45, 2.75) is 48.4 Å². The molecule has 0 saturated carbocycles. The topological polar surface area (TPSA) is 128 Å². The molecule has 5 rings (SSSR count). The van der Waals surface area contributed by atoms with E-state index in [1.807, 2.05) is 19.9 Å². The van der Waals surface area contributed by atoms with Crippen LogP contribution in [0.5, 0.6) is 0 Å². The van der Waals surface area contributed by atoms with Crippen molar-refractivity contribution in [1.29, 1.82) is 0 Å². The van der Waals surface area contributed by atoms with Crippen LogP contribution < -0.4 is 23.5 Å². The van der Waals surface area contributed by atoms with Gasteiger partial charge in [0.25, 0.3) is 6.29 Å². The molecule has 2 fully saturated rings. The number of rotatable bonds is 5. The van der Waals surface area contributed by atoms with Crippen LogP contribution in [0.15, 0.2) is 54.6 Å². The number of carbonyl (C=O) groups excluding carboxylic acids is 4. The van der Waals surface area contributed by atoms with Gasteiger partial charge in [-0.2, -0.15) is 0 Å². The van der Waals surface area contributed by atoms with Gasteiger partial charge in [0.2, 0.25) is 11.8 Å². The predicted octanol–water partition coefficient (Wildman–Crippen LogP) is -1.35. The first kappa shape index (κ1) is 25.0. The number of nitrogens with two attached hydrogens (primary N) is 1. The fourth-order valence-corrected chi connectivity index (χ4v) is 6.17. The molecule has 3 heterocycles. The third kappa shape index (κ3) is 4.15. The van der Waals surface area contributed by atoms with Crippen molar-refractivity contribution in [3.8, 4) is 0 Å². The summed E-state index contributed by atoms with van der Waals surface area (Å²) < 4.78 is 10.1. The normalized spacial score (nSPS) is 26.4. The molecule has 0 aliphatic carbocycles. The van der Waals surface area contributed by atoms with Crippen molar-refractivity contribution in [2.24, 2.45) is 5.73 Å². The second-order valence-corrected chi connectivity index (χ2v) is 10.7. The van der Waals surface area contributed by atoms with Crippen LogP contribution in [-0.4, -0.2) is 50.9 Å². The molecule has 3 N–H and O–H groups in total. The summed E-state index contributed by atoms with van der Waals surface area (Å²) in [4.78, 5) is 52.3. The van der Waals surface area contributed by atoms with Crippen LogP contribution in [0.4, 0.5) is 0 Å². The summed E-state index contributed by atoms with van der Waals surface area (Å²) in [6.45, 7) is 3.66. The monoisotopic (exact) mass is 516 g/mol. The molecule has 5 atom stereocenters. The zero-order valence-electron chi connectivity index (χ0n) is 18.8. The fourth-order valence-electron chi connectivity index (χ4n) is 4.55. The number of carbonyl (C=O) groups is 4. The molecule has 2 amide bonds. The number of thioether (sulfide) groups is 1. The van der Waals surface area contributed by atoms with Crippen LogP contribution in [0.1, 0.15) is 47.7 Å². The number of ether oxygens (including phenoxy) is 2. The largest absolute Gasteiger partial charge is 1.00 e. The molecule has 0 aromatic heterocycles. The summed E-state index contributed by atoms with van der Waals surface area (Å²) in [5.41, 5.74) is 7.51. The highest BCUT2D eigenvalue weighted by atomic mass is 35.5. The van der Waals surface area contributed by atoms with E-state index in [1.165, 1.54) is 16.7 Å². The first-order valence-electron chi connectivity index (χ1n) is 10.8. The van der Waals surface area contributed by atoms with E-state index in [0.29, 0.717) is 16.7 Å². The molecule has 11 heteroatoms. The Bertz CT molecular complexity index is 1190. The van der Waals surface area contributed by atoms with Gasteiger partial charge in [-0.25, -0.2) is 9.59 Å². The zero-order chi connectivity index (χ0) is 24.2. The van der Waals surface area contributed by atoms with Gasteiger partial charge in [0.15, 0.2) is 0 Å². The van der Waals surface area contributed by atoms with Gasteiger partial charge in [-0.15, -0.1) is 11.8 Å². The Morgan fingerprint density at radius 1 is 1.11 bits per heavy atom. The number of amides is 2. The first-order chi connectivity index (χ1) is 16.2. The maximum absolute atomic E-state index is 13.2. The summed E-state index contributed by atoms with van der Waals surface area (Å²) in [5, 5.41) is 2.29. The highest BCUT2D eigenvalue weighted by molar-refractivity contribution is 8.01. The Hall–Kier alpha value is -3.08. The molecule has 3 aliphatic heterocycles. The molecule has 1 unspecified atom stereocenters. The van der Waals surface area contributed by atoms with Crippen molar-refractivity contribution in [1.82, 2.24) is 10.2 Å². The number of hydrogen-bond acceptors (Lipinski definition) is 8. The third-order valence-electron chi connectivity index (χ3n) is 6.28. The van der Waals surface area contributed by atoms with Crippen molar-refractivity contribution >= 4 is 35.5 Å². The van der Waals surface area contributed by atoms with Crippen LogP contribution in [0, 0.1) is 0 Å². The van der Waals surface area contributed by atoms with Gasteiger partial charge >= 0.3 is 11.9 Å². The molecule has 184 valence electrons. The van der Waals surface area contributed by atoms with E-state index in [0.717, 1.165) is 0 Å². The molecule has 2 aromatic carbocycles. The van der Waals surface area contributed by atoms with Crippen LogP contribution in [-0.2, 0) is 23.9 Å². The molecule has 0 radical (unpaired) electrons. The maximum atomic E-state index is 13.2. The SMILES string of the molecule is CC1(C)S[C@@H]2[C@H](NC(=O)[C@H](N)c3ccccc3)C(=O)N2[C@H]1C(=O)OC1OC(=O)c2ccccc21.[Cl-]. The lowest BCUT2D eigenvalue weighted by Crippen LogP contribution is -3.00. The molecule has 35 heavy (non-hydrogen) atoms. The number of esters is 2. The Kier molecular flexibility index (Phi) is 6.56. The van der Waals surface area contributed by atoms with Crippen molar-refractivity contribution in [3.63, 3.8) is 0 Å². The number of hydrogen-bond donors (Lipinski definition) is 2. The molecule has 2 saturated heterocycles. The molecular formula is C24H23ClN3O6S-. The Labute approximate surface area is 212 Å². The number of benzene rings is 2. The van der Waals surface area contributed by atoms with Gasteiger partial charge in [-0.05, 0) is 25.5 Å². The lowest BCUT2D eigenvalue weighted by molar-refractivity contribution is -0.180. The highest BCUT2D eigenvalue weighted by Gasteiger charge is 2.65. The average molecular weight is 517 g/mol. The number of nitrogens with zero attached hydrogens (tertiary/aromatic N) is 1. The zero-order valence-corrected chi connectivity index (χ0v) is 20.4. The first-order valence-corrected chi connectivity index (χ1v) is 11.7. The van der Waals surface area contributed by atoms with Crippen LogP contribution in [0.3, 0.4) is 0 Å². The number of cyclic esters (lactones) is 1. The van der Waals surface area contributed by atoms with Crippen LogP contribution in [0.25, 0.3) is 0 Å². The molecule has 2 aromatic rings. The van der Waals surface area contributed by atoms with Gasteiger partial charge in [-0.1, -0.05) is 48.5 Å². The predicted molar refractivity (Wildman–Crippen MR) is 122 cm³/mol. The quantitative estimate of drug-likeness (QED) is 0.369. The molecule has 0 spiro atoms. The van der Waals surface area contributed by atoms with Gasteiger partial charge in [0, 0.05) is 10.3 Å². The van der Waals surface area contributed by atoms with E-state index < -0.39 is 52.4 Å². The summed E-state index contributed by atoms with van der Waals surface area (Å²) in [6, 6.07) is 12.9. The fraction of sp³-hybridized carbons (Fsp3) is 0.333. The van der Waals surface area contributed by atoms with E-state index >= 15 is 0 Å². The number of β-lactam (4-membered cyclic amide) rings is 1. The number of nitrogens with one attached hydrogen (secondary N) is 1. The minimum atomic E-state index is -1.16. The molecule has 3 aliphatic rings. The minimum absolute atomic E-state index is 0. The second kappa shape index (κ2) is 9.18. The Morgan fingerprint density at radius 3 is 2.49 bits per heavy atom. The van der Waals surface area contributed by atoms with E-state index in [9.17, 15) is 19.2 Å². The molecule has 9 nitrogen and oxygen atoms in total. The number of halogens is 1. The highest BCUT2D eigenvalue weighted by Crippen LogP contribution is 2.51. The van der Waals surface area contributed by atoms with E-state index in [2.05, 4.69) is 5.32 Å². The maximum Gasteiger partial charge on any atom is 0.342 e. The molecular weight excluding hydrogens is 494 g/mol. The van der Waals surface area contributed by atoms with Crippen molar-refractivity contribution in [2.75, 3.05) is 0 Å². The van der Waals surface area contributed by atoms with E-state index in [4.69, 9.17) is 15.2 Å². The third-order valence-corrected chi connectivity index (χ3v) is 7.85. The smallest absolute Gasteiger partial charge is 0.342 e. The summed E-state index contributed by atoms with van der Waals surface area (Å²) in [6.07, 6.45) is -1.16. The second-order valence-electron chi connectivity index (χ2n) is 8.90.